The number of urea groups is 1. The number of hydrogen-bond acceptors (Lipinski definition) is 15. The summed E-state index contributed by atoms with van der Waals surface area (Å²) in [4.78, 5) is 146. The van der Waals surface area contributed by atoms with Gasteiger partial charge in [0.2, 0.25) is 53.2 Å². The molecule has 1 heterocycles. The number of rotatable bonds is 30. The molecule has 406 valence electrons. The van der Waals surface area contributed by atoms with Gasteiger partial charge in [-0.3, -0.25) is 47.9 Å². The number of nitrogens with two attached hydrogens (primary N) is 3. The normalized spacial score (nSPS) is 15.9. The first-order valence-corrected chi connectivity index (χ1v) is 25.0. The van der Waals surface area contributed by atoms with Crippen molar-refractivity contribution < 1.29 is 63.0 Å². The third-order valence-electron chi connectivity index (χ3n) is 11.5. The molecule has 1 fully saturated rings. The van der Waals surface area contributed by atoms with Gasteiger partial charge in [0, 0.05) is 37.4 Å². The molecular formula is C47H68N12O13S2. The zero-order valence-electron chi connectivity index (χ0n) is 41.0. The van der Waals surface area contributed by atoms with Crippen LogP contribution in [0, 0.1) is 5.92 Å². The molecule has 74 heavy (non-hydrogen) atoms. The van der Waals surface area contributed by atoms with Crippen molar-refractivity contribution in [3.8, 4) is 5.75 Å². The molecule has 2 aromatic carbocycles. The van der Waals surface area contributed by atoms with E-state index < -0.39 is 126 Å². The molecule has 0 bridgehead atoms. The number of phenols is 1. The minimum Gasteiger partial charge on any atom is -0.508 e. The molecule has 27 heteroatoms. The Kier molecular flexibility index (Phi) is 25.5. The van der Waals surface area contributed by atoms with Crippen LogP contribution < -0.4 is 59.7 Å². The van der Waals surface area contributed by atoms with E-state index in [2.05, 4.69) is 67.8 Å². The summed E-state index contributed by atoms with van der Waals surface area (Å²) in [5.41, 5.74) is 17.7. The number of carbonyl (C=O) groups excluding carboxylic acids is 10. The Labute approximate surface area is 438 Å². The number of carboxylic acid groups (broad SMARTS) is 1. The first kappa shape index (κ1) is 61.2. The number of carboxylic acids is 1. The minimum atomic E-state index is -1.76. The fourth-order valence-electron chi connectivity index (χ4n) is 7.73. The van der Waals surface area contributed by atoms with Gasteiger partial charge >= 0.3 is 12.0 Å². The molecule has 16 N–H and O–H groups in total. The highest BCUT2D eigenvalue weighted by Gasteiger charge is 2.40. The van der Waals surface area contributed by atoms with Crippen molar-refractivity contribution in [3.63, 3.8) is 0 Å². The van der Waals surface area contributed by atoms with Crippen molar-refractivity contribution in [2.75, 3.05) is 31.1 Å². The summed E-state index contributed by atoms with van der Waals surface area (Å²) < 4.78 is 0. The minimum absolute atomic E-state index is 0.0157. The van der Waals surface area contributed by atoms with Crippen LogP contribution in [0.3, 0.4) is 0 Å². The SMILES string of the molecule is CC(C)C[C@H](NC(=O)[C@@H]1CCCN1C(=O)[C@H](CS)NC(=O)[C@H](CC(N)=O)NC(=O)[C@H](CCCNC(N)=O)NC(=O)[C@H](Cc1ccccc1)NC(=O)[C@H](Cc1ccc(O)cc1)NC(=O)[C@@H](N)CS)C(=O)NCC(=O)O. The number of amides is 11. The van der Waals surface area contributed by atoms with Crippen LogP contribution >= 0.6 is 25.3 Å². The number of likely N-dealkylation sites (tertiary alicyclic amines) is 1. The van der Waals surface area contributed by atoms with Crippen molar-refractivity contribution in [1.82, 2.24) is 47.4 Å². The van der Waals surface area contributed by atoms with Crippen molar-refractivity contribution >= 4 is 90.4 Å². The smallest absolute Gasteiger partial charge is 0.322 e. The second-order valence-corrected chi connectivity index (χ2v) is 18.7. The fourth-order valence-corrected chi connectivity index (χ4v) is 8.14. The molecule has 3 rings (SSSR count). The summed E-state index contributed by atoms with van der Waals surface area (Å²) in [5.74, 6) is -9.66. The second kappa shape index (κ2) is 30.8. The van der Waals surface area contributed by atoms with Gasteiger partial charge < -0.3 is 74.8 Å². The molecule has 1 aliphatic rings. The Morgan fingerprint density at radius 2 is 1.20 bits per heavy atom. The van der Waals surface area contributed by atoms with E-state index in [0.29, 0.717) is 17.5 Å². The monoisotopic (exact) mass is 1070 g/mol. The molecule has 0 saturated carbocycles. The quantitative estimate of drug-likeness (QED) is 0.0271. The number of aliphatic carboxylic acids is 1. The predicted molar refractivity (Wildman–Crippen MR) is 275 cm³/mol. The van der Waals surface area contributed by atoms with E-state index in [4.69, 9.17) is 22.3 Å². The summed E-state index contributed by atoms with van der Waals surface area (Å²) in [6, 6.07) is 2.59. The number of carbonyl (C=O) groups is 11. The van der Waals surface area contributed by atoms with E-state index >= 15 is 0 Å². The number of aromatic hydroxyl groups is 1. The van der Waals surface area contributed by atoms with E-state index in [-0.39, 0.29) is 74.8 Å². The van der Waals surface area contributed by atoms with Crippen LogP contribution in [0.5, 0.6) is 5.75 Å². The maximum absolute atomic E-state index is 14.4. The molecule has 0 radical (unpaired) electrons. The molecule has 0 spiro atoms. The van der Waals surface area contributed by atoms with Crippen LogP contribution in [0.25, 0.3) is 0 Å². The van der Waals surface area contributed by atoms with Gasteiger partial charge in [-0.15, -0.1) is 0 Å². The third-order valence-corrected chi connectivity index (χ3v) is 12.2. The highest BCUT2D eigenvalue weighted by atomic mass is 32.1. The van der Waals surface area contributed by atoms with Crippen molar-refractivity contribution in [2.24, 2.45) is 23.1 Å². The largest absolute Gasteiger partial charge is 0.508 e. The van der Waals surface area contributed by atoms with E-state index in [1.165, 1.54) is 29.2 Å². The van der Waals surface area contributed by atoms with Crippen LogP contribution in [0.4, 0.5) is 4.79 Å². The topological polar surface area (TPSA) is 406 Å². The Hall–Kier alpha value is -7.13. The van der Waals surface area contributed by atoms with Gasteiger partial charge in [0.15, 0.2) is 0 Å². The number of benzene rings is 2. The van der Waals surface area contributed by atoms with E-state index in [9.17, 15) is 57.8 Å². The Bertz CT molecular complexity index is 2300. The maximum Gasteiger partial charge on any atom is 0.322 e. The van der Waals surface area contributed by atoms with Crippen molar-refractivity contribution in [1.29, 1.82) is 0 Å². The zero-order valence-corrected chi connectivity index (χ0v) is 42.8. The fraction of sp³-hybridized carbons (Fsp3) is 0.511. The van der Waals surface area contributed by atoms with Crippen LogP contribution in [0.15, 0.2) is 54.6 Å². The lowest BCUT2D eigenvalue weighted by Gasteiger charge is -2.30. The highest BCUT2D eigenvalue weighted by Crippen LogP contribution is 2.20. The van der Waals surface area contributed by atoms with Crippen LogP contribution in [0.2, 0.25) is 0 Å². The van der Waals surface area contributed by atoms with Gasteiger partial charge in [-0.1, -0.05) is 56.3 Å². The number of primary amides is 2. The summed E-state index contributed by atoms with van der Waals surface area (Å²) in [6.07, 6.45) is -0.568. The third kappa shape index (κ3) is 20.8. The molecule has 0 aliphatic carbocycles. The molecule has 8 atom stereocenters. The predicted octanol–water partition coefficient (Wildman–Crippen LogP) is -3.17. The maximum atomic E-state index is 14.4. The van der Waals surface area contributed by atoms with Gasteiger partial charge in [0.05, 0.1) is 12.5 Å². The van der Waals surface area contributed by atoms with Crippen LogP contribution in [0.1, 0.15) is 63.5 Å². The van der Waals surface area contributed by atoms with E-state index in [1.54, 1.807) is 44.2 Å². The molecule has 1 aliphatic heterocycles. The lowest BCUT2D eigenvalue weighted by atomic mass is 10.0. The number of hydrogen-bond donors (Lipinski definition) is 15. The van der Waals surface area contributed by atoms with E-state index in [1.807, 2.05) is 0 Å². The van der Waals surface area contributed by atoms with Crippen LogP contribution in [-0.4, -0.2) is 160 Å². The molecule has 2 aromatic rings. The number of thiol groups is 2. The average Bonchev–Trinajstić information content (AvgIpc) is 3.85. The number of nitrogens with zero attached hydrogens (tertiary/aromatic N) is 1. The van der Waals surface area contributed by atoms with Gasteiger partial charge in [-0.05, 0) is 61.3 Å². The summed E-state index contributed by atoms with van der Waals surface area (Å²) in [5, 5.41) is 38.8. The molecule has 11 amide bonds. The molecule has 1 saturated heterocycles. The first-order chi connectivity index (χ1) is 35.0. The lowest BCUT2D eigenvalue weighted by Crippen LogP contribution is -2.61. The van der Waals surface area contributed by atoms with Gasteiger partial charge in [0.25, 0.3) is 0 Å². The van der Waals surface area contributed by atoms with Gasteiger partial charge in [-0.2, -0.15) is 25.3 Å². The molecule has 25 nitrogen and oxygen atoms in total. The van der Waals surface area contributed by atoms with Crippen molar-refractivity contribution in [2.45, 2.75) is 114 Å². The molecular weight excluding hydrogens is 1000 g/mol. The Morgan fingerprint density at radius 1 is 0.662 bits per heavy atom. The van der Waals surface area contributed by atoms with E-state index in [0.717, 1.165) is 0 Å². The first-order valence-electron chi connectivity index (χ1n) is 23.8. The lowest BCUT2D eigenvalue weighted by molar-refractivity contribution is -0.142. The summed E-state index contributed by atoms with van der Waals surface area (Å²) in [6.45, 7) is 2.89. The Morgan fingerprint density at radius 3 is 1.76 bits per heavy atom. The highest BCUT2D eigenvalue weighted by molar-refractivity contribution is 7.80. The number of phenolic OH excluding ortho intramolecular Hbond substituents is 1. The summed E-state index contributed by atoms with van der Waals surface area (Å²) in [7, 11) is 0. The Balaban J connectivity index is 1.89. The van der Waals surface area contributed by atoms with Gasteiger partial charge in [0.1, 0.15) is 54.6 Å². The molecule has 0 aromatic heterocycles. The average molecular weight is 1070 g/mol. The standard InChI is InChI=1S/C47H68N12O13S2/c1-25(2)18-31(40(65)52-22-38(62)63)57-45(70)36-11-7-17-59(36)46(71)35(24-74)58-44(69)34(21-37(49)61)56-41(66)30(10-6-16-51-47(50)72)53-42(67)33(19-26-8-4-3-5-9-26)55-43(68)32(54-39(64)29(48)23-73)20-27-12-14-28(60)15-13-27/h3-5,8-9,12-15,25,29-36,60,73-74H,6-7,10-11,16-24,48H2,1-2H3,(H2,49,61)(H,52,65)(H,53,67)(H,54,64)(H,55,68)(H,56,66)(H,57,70)(H,58,69)(H,62,63)(H3,50,51,72)/t29-,30-,31-,32-,33-,34-,35-,36-/m0/s1. The second-order valence-electron chi connectivity index (χ2n) is 17.9. The molecule has 0 unspecified atom stereocenters. The summed E-state index contributed by atoms with van der Waals surface area (Å²) >= 11 is 8.33. The van der Waals surface area contributed by atoms with Crippen molar-refractivity contribution in [3.05, 3.63) is 65.7 Å². The van der Waals surface area contributed by atoms with Crippen LogP contribution in [-0.2, 0) is 60.8 Å². The van der Waals surface area contributed by atoms with Gasteiger partial charge in [-0.25, -0.2) is 4.79 Å². The zero-order chi connectivity index (χ0) is 55.1. The number of nitrogens with one attached hydrogen (secondary N) is 8.